The quantitative estimate of drug-likeness (QED) is 0.0169. The number of unbranched alkanes of at least 4 members (excludes halogenated alkanes) is 26. The number of aliphatic hydroxyl groups is 1. The van der Waals surface area contributed by atoms with Crippen molar-refractivity contribution in [3.63, 3.8) is 0 Å². The first-order valence-corrected chi connectivity index (χ1v) is 42.4. The average molecular weight is 1470 g/mol. The van der Waals surface area contributed by atoms with Crippen LogP contribution in [0, 0.1) is 0 Å². The third-order valence-corrected chi connectivity index (χ3v) is 18.0. The molecule has 0 aliphatic carbocycles. The summed E-state index contributed by atoms with van der Waals surface area (Å²) >= 11 is 0. The molecule has 0 rings (SSSR count). The Morgan fingerprint density at radius 1 is 0.294 bits per heavy atom. The molecule has 19 heteroatoms. The standard InChI is InChI=1S/C83H140O17P2/c1-5-9-13-17-21-25-29-33-36-37-38-39-42-45-48-52-56-60-64-68-81(86)94-73-78(99-82(87)69-65-61-57-53-49-43-32-28-24-20-16-12-8-4)75-97-101(89,90)95-71-77(84)72-96-102(91,92)98-76-79(100-83(88)70-66-62-58-54-50-46-41-35-31-27-23-19-15-11-7-3)74-93-80(85)67-63-59-55-51-47-44-40-34-30-26-22-18-14-10-6-2/h9-10,13-14,21-22,25-26,28,32-36,38-41,47,51,59,63,77-79,84H,5-8,11-12,15-20,23-24,27,29-31,37,42-46,48-50,52-58,60-62,64-76H2,1-4H3,(H,89,90)(H,91,92)/b13-9-,14-10-,25-21-,26-22-,32-28-,36-33-,39-38-,40-34-,41-35-,51-47-,63-59-. The van der Waals surface area contributed by atoms with Crippen LogP contribution >= 0.6 is 15.6 Å². The van der Waals surface area contributed by atoms with E-state index in [0.717, 1.165) is 167 Å². The minimum atomic E-state index is -5.00. The molecule has 0 radical (unpaired) electrons. The molecule has 3 N–H and O–H groups in total. The van der Waals surface area contributed by atoms with E-state index in [4.69, 9.17) is 37.0 Å². The maximum atomic E-state index is 13.1. The molecule has 0 amide bonds. The lowest BCUT2D eigenvalue weighted by Crippen LogP contribution is -2.30. The average Bonchev–Trinajstić information content (AvgIpc) is 0.919. The van der Waals surface area contributed by atoms with Gasteiger partial charge in [0.1, 0.15) is 19.3 Å². The summed E-state index contributed by atoms with van der Waals surface area (Å²) in [5.74, 6) is -2.36. The maximum absolute atomic E-state index is 13.1. The highest BCUT2D eigenvalue weighted by molar-refractivity contribution is 7.47. The Balaban J connectivity index is 5.42. The summed E-state index contributed by atoms with van der Waals surface area (Å²) in [6.45, 7) is 4.49. The molecule has 0 saturated heterocycles. The lowest BCUT2D eigenvalue weighted by Gasteiger charge is -2.21. The van der Waals surface area contributed by atoms with Gasteiger partial charge in [0.2, 0.25) is 0 Å². The largest absolute Gasteiger partial charge is 0.472 e. The van der Waals surface area contributed by atoms with E-state index in [9.17, 15) is 43.2 Å². The van der Waals surface area contributed by atoms with Gasteiger partial charge in [-0.15, -0.1) is 0 Å². The second kappa shape index (κ2) is 74.5. The van der Waals surface area contributed by atoms with Crippen LogP contribution in [-0.2, 0) is 65.4 Å². The molecule has 0 aromatic heterocycles. The lowest BCUT2D eigenvalue weighted by molar-refractivity contribution is -0.161. The number of phosphoric acid groups is 2. The number of carbonyl (C=O) groups excluding carboxylic acids is 4. The van der Waals surface area contributed by atoms with Gasteiger partial charge in [0.15, 0.2) is 12.2 Å². The summed E-state index contributed by atoms with van der Waals surface area (Å²) in [7, 11) is -9.99. The Labute approximate surface area is 618 Å². The third-order valence-electron chi connectivity index (χ3n) is 16.1. The summed E-state index contributed by atoms with van der Waals surface area (Å²) in [6, 6.07) is 0. The Bertz CT molecular complexity index is 2460. The van der Waals surface area contributed by atoms with Crippen LogP contribution in [0.1, 0.15) is 310 Å². The van der Waals surface area contributed by atoms with Gasteiger partial charge in [0.25, 0.3) is 0 Å². The van der Waals surface area contributed by atoms with E-state index in [-0.39, 0.29) is 25.7 Å². The molecule has 0 spiro atoms. The van der Waals surface area contributed by atoms with Crippen LogP contribution in [0.15, 0.2) is 134 Å². The van der Waals surface area contributed by atoms with E-state index < -0.39 is 97.5 Å². The Hall–Kier alpha value is -4.80. The van der Waals surface area contributed by atoms with Gasteiger partial charge in [-0.25, -0.2) is 9.13 Å². The molecule has 0 heterocycles. The molecule has 0 saturated carbocycles. The van der Waals surface area contributed by atoms with Gasteiger partial charge in [0.05, 0.1) is 32.8 Å². The molecule has 0 fully saturated rings. The number of rotatable bonds is 73. The molecule has 0 aliphatic heterocycles. The van der Waals surface area contributed by atoms with Crippen LogP contribution in [0.3, 0.4) is 0 Å². The van der Waals surface area contributed by atoms with E-state index >= 15 is 0 Å². The van der Waals surface area contributed by atoms with Crippen LogP contribution in [-0.4, -0.2) is 96.7 Å². The van der Waals surface area contributed by atoms with Crippen molar-refractivity contribution in [1.82, 2.24) is 0 Å². The number of aliphatic hydroxyl groups excluding tert-OH is 1. The van der Waals surface area contributed by atoms with E-state index in [1.54, 1.807) is 6.08 Å². The first kappa shape index (κ1) is 97.2. The van der Waals surface area contributed by atoms with Crippen molar-refractivity contribution in [3.05, 3.63) is 134 Å². The molecule has 0 aromatic carbocycles. The Morgan fingerprint density at radius 2 is 0.549 bits per heavy atom. The normalized spacial score (nSPS) is 14.6. The van der Waals surface area contributed by atoms with Crippen LogP contribution in [0.2, 0.25) is 0 Å². The van der Waals surface area contributed by atoms with Crippen LogP contribution < -0.4 is 0 Å². The van der Waals surface area contributed by atoms with Gasteiger partial charge in [-0.2, -0.15) is 0 Å². The van der Waals surface area contributed by atoms with E-state index in [1.807, 2.05) is 18.2 Å². The zero-order valence-corrected chi connectivity index (χ0v) is 65.5. The first-order valence-electron chi connectivity index (χ1n) is 39.4. The highest BCUT2D eigenvalue weighted by Gasteiger charge is 2.30. The molecule has 584 valence electrons. The predicted molar refractivity (Wildman–Crippen MR) is 418 cm³/mol. The maximum Gasteiger partial charge on any atom is 0.472 e. The highest BCUT2D eigenvalue weighted by atomic mass is 31.2. The summed E-state index contributed by atoms with van der Waals surface area (Å²) in [5.41, 5.74) is 0. The zero-order valence-electron chi connectivity index (χ0n) is 63.7. The number of hydrogen-bond acceptors (Lipinski definition) is 15. The van der Waals surface area contributed by atoms with E-state index in [0.29, 0.717) is 25.7 Å². The summed E-state index contributed by atoms with van der Waals surface area (Å²) < 4.78 is 68.4. The lowest BCUT2D eigenvalue weighted by atomic mass is 10.1. The predicted octanol–water partition coefficient (Wildman–Crippen LogP) is 22.9. The van der Waals surface area contributed by atoms with Crippen molar-refractivity contribution in [2.75, 3.05) is 39.6 Å². The van der Waals surface area contributed by atoms with Crippen molar-refractivity contribution in [1.29, 1.82) is 0 Å². The second-order valence-electron chi connectivity index (χ2n) is 25.9. The molecule has 0 aromatic rings. The summed E-state index contributed by atoms with van der Waals surface area (Å²) in [4.78, 5) is 72.9. The van der Waals surface area contributed by atoms with Crippen LogP contribution in [0.25, 0.3) is 0 Å². The summed E-state index contributed by atoms with van der Waals surface area (Å²) in [5, 5.41) is 10.6. The van der Waals surface area contributed by atoms with E-state index in [1.165, 1.54) is 64.2 Å². The monoisotopic (exact) mass is 1470 g/mol. The topological polar surface area (TPSA) is 237 Å². The number of phosphoric ester groups is 2. The van der Waals surface area contributed by atoms with E-state index in [2.05, 4.69) is 137 Å². The molecule has 5 atom stereocenters. The second-order valence-corrected chi connectivity index (χ2v) is 28.8. The van der Waals surface area contributed by atoms with Gasteiger partial charge in [-0.1, -0.05) is 277 Å². The number of allylic oxidation sites excluding steroid dienone is 21. The Morgan fingerprint density at radius 3 is 0.892 bits per heavy atom. The van der Waals surface area contributed by atoms with Gasteiger partial charge in [-0.3, -0.25) is 37.3 Å². The van der Waals surface area contributed by atoms with Crippen LogP contribution in [0.5, 0.6) is 0 Å². The third kappa shape index (κ3) is 73.5. The highest BCUT2D eigenvalue weighted by Crippen LogP contribution is 2.45. The zero-order chi connectivity index (χ0) is 74.6. The van der Waals surface area contributed by atoms with Crippen molar-refractivity contribution in [2.24, 2.45) is 0 Å². The number of hydrogen-bond donors (Lipinski definition) is 3. The van der Waals surface area contributed by atoms with Crippen LogP contribution in [0.4, 0.5) is 0 Å². The molecule has 5 unspecified atom stereocenters. The fraction of sp³-hybridized carbons (Fsp3) is 0.687. The number of esters is 4. The molecule has 0 aliphatic rings. The molecule has 102 heavy (non-hydrogen) atoms. The van der Waals surface area contributed by atoms with Crippen molar-refractivity contribution < 1.29 is 80.2 Å². The van der Waals surface area contributed by atoms with Crippen molar-refractivity contribution >= 4 is 39.5 Å². The van der Waals surface area contributed by atoms with Gasteiger partial charge in [0, 0.05) is 19.3 Å². The Kier molecular flexibility index (Phi) is 71.0. The van der Waals surface area contributed by atoms with Gasteiger partial charge in [-0.05, 0) is 141 Å². The fourth-order valence-corrected chi connectivity index (χ4v) is 11.7. The number of carbonyl (C=O) groups is 4. The molecular formula is C83H140O17P2. The van der Waals surface area contributed by atoms with Gasteiger partial charge < -0.3 is 33.8 Å². The number of ether oxygens (including phenoxy) is 4. The minimum absolute atomic E-state index is 0.0633. The smallest absolute Gasteiger partial charge is 0.462 e. The first-order chi connectivity index (χ1) is 49.7. The SMILES string of the molecule is CC/C=C\C/C=C\C/C=C\C/C=C\C/C=C\CC(=O)OCC(COP(=O)(O)OCC(O)COP(=O)(O)OCC(COC(=O)CCCCCCCC/C=C\C/C=C\C/C=C\C/C=C\CC)OC(=O)CCCCCCC/C=C\CCCCCC)OC(=O)CCCCCCC/C=C\CCCCCCCC. The van der Waals surface area contributed by atoms with Crippen molar-refractivity contribution in [3.8, 4) is 0 Å². The molecular weight excluding hydrogens is 1330 g/mol. The van der Waals surface area contributed by atoms with Gasteiger partial charge >= 0.3 is 39.5 Å². The molecule has 0 bridgehead atoms. The van der Waals surface area contributed by atoms with Crippen molar-refractivity contribution in [2.45, 2.75) is 329 Å². The molecule has 17 nitrogen and oxygen atoms in total. The fourth-order valence-electron chi connectivity index (χ4n) is 10.2. The minimum Gasteiger partial charge on any atom is -0.462 e. The summed E-state index contributed by atoms with van der Waals surface area (Å²) in [6.07, 6.45) is 83.2.